The van der Waals surface area contributed by atoms with Crippen LogP contribution >= 0.6 is 0 Å². The van der Waals surface area contributed by atoms with Crippen molar-refractivity contribution in [1.29, 1.82) is 0 Å². The van der Waals surface area contributed by atoms with Crippen molar-refractivity contribution < 1.29 is 14.6 Å². The molecule has 100 valence electrons. The van der Waals surface area contributed by atoms with Crippen LogP contribution in [-0.2, 0) is 16.0 Å². The van der Waals surface area contributed by atoms with Gasteiger partial charge in [-0.2, -0.15) is 0 Å². The largest absolute Gasteiger partial charge is 0.481 e. The molecule has 0 saturated carbocycles. The number of aliphatic carboxylic acids is 1. The molecule has 0 aliphatic rings. The van der Waals surface area contributed by atoms with Crippen LogP contribution < -0.4 is 5.32 Å². The van der Waals surface area contributed by atoms with Crippen molar-refractivity contribution in [2.75, 3.05) is 20.3 Å². The molecule has 1 unspecified atom stereocenters. The van der Waals surface area contributed by atoms with E-state index in [1.807, 2.05) is 31.2 Å². The van der Waals surface area contributed by atoms with E-state index in [4.69, 9.17) is 9.84 Å². The minimum atomic E-state index is -0.781. The van der Waals surface area contributed by atoms with Gasteiger partial charge in [-0.15, -0.1) is 0 Å². The molecule has 0 saturated heterocycles. The minimum absolute atomic E-state index is 0.0552. The summed E-state index contributed by atoms with van der Waals surface area (Å²) in [4.78, 5) is 10.8. The van der Waals surface area contributed by atoms with Gasteiger partial charge in [-0.1, -0.05) is 29.8 Å². The quantitative estimate of drug-likeness (QED) is 0.689. The Balaban J connectivity index is 2.53. The first-order valence-electron chi connectivity index (χ1n) is 6.11. The Hall–Kier alpha value is -1.39. The zero-order valence-electron chi connectivity index (χ0n) is 11.0. The average molecular weight is 251 g/mol. The van der Waals surface area contributed by atoms with Crippen molar-refractivity contribution in [1.82, 2.24) is 5.32 Å². The molecule has 1 atom stereocenters. The maximum absolute atomic E-state index is 10.8. The number of rotatable bonds is 8. The summed E-state index contributed by atoms with van der Waals surface area (Å²) in [6, 6.07) is 8.12. The smallest absolute Gasteiger partial charge is 0.304 e. The first kappa shape index (κ1) is 14.7. The van der Waals surface area contributed by atoms with Gasteiger partial charge in [0.2, 0.25) is 0 Å². The topological polar surface area (TPSA) is 58.6 Å². The molecule has 0 fully saturated rings. The van der Waals surface area contributed by atoms with Crippen LogP contribution in [0.5, 0.6) is 0 Å². The zero-order chi connectivity index (χ0) is 13.4. The summed E-state index contributed by atoms with van der Waals surface area (Å²) in [5, 5.41) is 12.1. The lowest BCUT2D eigenvalue weighted by atomic mass is 10.0. The summed E-state index contributed by atoms with van der Waals surface area (Å²) >= 11 is 0. The number of ether oxygens (including phenoxy) is 1. The number of methoxy groups -OCH3 is 1. The van der Waals surface area contributed by atoms with E-state index < -0.39 is 5.97 Å². The van der Waals surface area contributed by atoms with Gasteiger partial charge in [0.1, 0.15) is 0 Å². The summed E-state index contributed by atoms with van der Waals surface area (Å²) in [5.41, 5.74) is 2.36. The number of aryl methyl sites for hydroxylation is 1. The van der Waals surface area contributed by atoms with Crippen molar-refractivity contribution in [3.8, 4) is 0 Å². The summed E-state index contributed by atoms with van der Waals surface area (Å²) in [7, 11) is 1.63. The van der Waals surface area contributed by atoms with Crippen LogP contribution in [0.3, 0.4) is 0 Å². The number of benzene rings is 1. The molecule has 0 aliphatic carbocycles. The molecule has 0 heterocycles. The average Bonchev–Trinajstić information content (AvgIpc) is 2.31. The van der Waals surface area contributed by atoms with Gasteiger partial charge in [-0.05, 0) is 18.9 Å². The Morgan fingerprint density at radius 1 is 1.39 bits per heavy atom. The van der Waals surface area contributed by atoms with E-state index in [1.165, 1.54) is 5.56 Å². The van der Waals surface area contributed by atoms with Crippen molar-refractivity contribution in [2.24, 2.45) is 0 Å². The first-order chi connectivity index (χ1) is 8.61. The van der Waals surface area contributed by atoms with Gasteiger partial charge in [-0.25, -0.2) is 0 Å². The van der Waals surface area contributed by atoms with Crippen LogP contribution in [0.2, 0.25) is 0 Å². The second-order valence-electron chi connectivity index (χ2n) is 4.43. The second-order valence-corrected chi connectivity index (χ2v) is 4.43. The fraction of sp³-hybridized carbons (Fsp3) is 0.500. The van der Waals surface area contributed by atoms with Crippen LogP contribution in [0.1, 0.15) is 17.5 Å². The number of nitrogens with one attached hydrogen (secondary N) is 1. The van der Waals surface area contributed by atoms with Crippen LogP contribution in [0.15, 0.2) is 24.3 Å². The summed E-state index contributed by atoms with van der Waals surface area (Å²) < 4.78 is 4.95. The molecule has 0 amide bonds. The molecule has 0 spiro atoms. The van der Waals surface area contributed by atoms with Gasteiger partial charge in [0.05, 0.1) is 13.0 Å². The highest BCUT2D eigenvalue weighted by molar-refractivity contribution is 5.67. The third kappa shape index (κ3) is 5.80. The summed E-state index contributed by atoms with van der Waals surface area (Å²) in [6.45, 7) is 3.29. The lowest BCUT2D eigenvalue weighted by Gasteiger charge is -2.17. The molecule has 18 heavy (non-hydrogen) atoms. The molecule has 1 aromatic carbocycles. The standard InChI is InChI=1S/C14H21NO3/c1-11-3-5-12(6-4-11)9-13(10-14(16)17)15-7-8-18-2/h3-6,13,15H,7-10H2,1-2H3,(H,16,17). The minimum Gasteiger partial charge on any atom is -0.481 e. The fourth-order valence-corrected chi connectivity index (χ4v) is 1.80. The Morgan fingerprint density at radius 2 is 2.06 bits per heavy atom. The van der Waals surface area contributed by atoms with Gasteiger partial charge in [-0.3, -0.25) is 4.79 Å². The van der Waals surface area contributed by atoms with E-state index in [9.17, 15) is 4.79 Å². The van der Waals surface area contributed by atoms with E-state index in [0.717, 1.165) is 12.0 Å². The molecular weight excluding hydrogens is 230 g/mol. The Labute approximate surface area is 108 Å². The molecule has 2 N–H and O–H groups in total. The van der Waals surface area contributed by atoms with Gasteiger partial charge in [0.25, 0.3) is 0 Å². The maximum Gasteiger partial charge on any atom is 0.304 e. The third-order valence-electron chi connectivity index (χ3n) is 2.76. The van der Waals surface area contributed by atoms with Gasteiger partial charge in [0, 0.05) is 19.7 Å². The Morgan fingerprint density at radius 3 is 2.61 bits per heavy atom. The number of carbonyl (C=O) groups is 1. The summed E-state index contributed by atoms with van der Waals surface area (Å²) in [5.74, 6) is -0.781. The zero-order valence-corrected chi connectivity index (χ0v) is 11.0. The summed E-state index contributed by atoms with van der Waals surface area (Å²) in [6.07, 6.45) is 0.841. The monoisotopic (exact) mass is 251 g/mol. The highest BCUT2D eigenvalue weighted by Crippen LogP contribution is 2.08. The molecule has 0 aromatic heterocycles. The van der Waals surface area contributed by atoms with Crippen LogP contribution in [0, 0.1) is 6.92 Å². The molecule has 0 radical (unpaired) electrons. The van der Waals surface area contributed by atoms with Crippen LogP contribution in [0.25, 0.3) is 0 Å². The van der Waals surface area contributed by atoms with E-state index in [1.54, 1.807) is 7.11 Å². The molecule has 0 bridgehead atoms. The first-order valence-corrected chi connectivity index (χ1v) is 6.11. The van der Waals surface area contributed by atoms with Crippen molar-refractivity contribution >= 4 is 5.97 Å². The van der Waals surface area contributed by atoms with Crippen LogP contribution in [0.4, 0.5) is 0 Å². The molecular formula is C14H21NO3. The van der Waals surface area contributed by atoms with E-state index in [2.05, 4.69) is 5.32 Å². The fourth-order valence-electron chi connectivity index (χ4n) is 1.80. The van der Waals surface area contributed by atoms with E-state index in [0.29, 0.717) is 13.2 Å². The lowest BCUT2D eigenvalue weighted by Crippen LogP contribution is -2.35. The highest BCUT2D eigenvalue weighted by atomic mass is 16.5. The number of carboxylic acids is 1. The maximum atomic E-state index is 10.8. The number of hydrogen-bond acceptors (Lipinski definition) is 3. The van der Waals surface area contributed by atoms with E-state index in [-0.39, 0.29) is 12.5 Å². The second kappa shape index (κ2) is 7.84. The number of hydrogen-bond donors (Lipinski definition) is 2. The molecule has 1 aromatic rings. The van der Waals surface area contributed by atoms with Crippen molar-refractivity contribution in [3.63, 3.8) is 0 Å². The predicted octanol–water partition coefficient (Wildman–Crippen LogP) is 1.62. The predicted molar refractivity (Wildman–Crippen MR) is 70.8 cm³/mol. The van der Waals surface area contributed by atoms with Crippen molar-refractivity contribution in [2.45, 2.75) is 25.8 Å². The van der Waals surface area contributed by atoms with Gasteiger partial charge in [0.15, 0.2) is 0 Å². The Bertz CT molecular complexity index is 362. The Kier molecular flexibility index (Phi) is 6.39. The highest BCUT2D eigenvalue weighted by Gasteiger charge is 2.13. The molecule has 4 heteroatoms. The third-order valence-corrected chi connectivity index (χ3v) is 2.76. The van der Waals surface area contributed by atoms with E-state index >= 15 is 0 Å². The normalized spacial score (nSPS) is 12.3. The SMILES string of the molecule is COCCNC(CC(=O)O)Cc1ccc(C)cc1. The lowest BCUT2D eigenvalue weighted by molar-refractivity contribution is -0.137. The van der Waals surface area contributed by atoms with Gasteiger partial charge < -0.3 is 15.2 Å². The van der Waals surface area contributed by atoms with Crippen LogP contribution in [-0.4, -0.2) is 37.4 Å². The number of carboxylic acid groups (broad SMARTS) is 1. The van der Waals surface area contributed by atoms with Gasteiger partial charge >= 0.3 is 5.97 Å². The molecule has 1 rings (SSSR count). The van der Waals surface area contributed by atoms with Crippen molar-refractivity contribution in [3.05, 3.63) is 35.4 Å². The molecule has 4 nitrogen and oxygen atoms in total. The molecule has 0 aliphatic heterocycles.